The van der Waals surface area contributed by atoms with Crippen LogP contribution in [0.3, 0.4) is 0 Å². The number of carboxylic acids is 1. The lowest BCUT2D eigenvalue weighted by atomic mass is 10.4. The van der Waals surface area contributed by atoms with E-state index >= 15 is 0 Å². The number of rotatable bonds is 8. The van der Waals surface area contributed by atoms with Crippen LogP contribution in [0.2, 0.25) is 6.04 Å². The van der Waals surface area contributed by atoms with Crippen LogP contribution >= 0.6 is 0 Å². The van der Waals surface area contributed by atoms with Crippen molar-refractivity contribution in [1.29, 1.82) is 0 Å². The van der Waals surface area contributed by atoms with Crippen molar-refractivity contribution >= 4 is 21.6 Å². The summed E-state index contributed by atoms with van der Waals surface area (Å²) in [5.41, 5.74) is 0. The maximum atomic E-state index is 10.5. The molecule has 8 nitrogen and oxygen atoms in total. The van der Waals surface area contributed by atoms with E-state index in [9.17, 15) is 9.90 Å². The largest absolute Gasteiger partial charge is 0.550 e. The lowest BCUT2D eigenvalue weighted by Gasteiger charge is -2.26. The van der Waals surface area contributed by atoms with Crippen LogP contribution in [0.1, 0.15) is 6.42 Å². The Bertz CT molecular complexity index is 400. The van der Waals surface area contributed by atoms with E-state index < -0.39 is 15.3 Å². The molecule has 0 saturated carbocycles. The summed E-state index contributed by atoms with van der Waals surface area (Å²) in [6.07, 6.45) is 2.06. The van der Waals surface area contributed by atoms with E-state index in [0.29, 0.717) is 26.3 Å². The first kappa shape index (κ1) is 18.3. The maximum Gasteiger partial charge on any atom is 0.388 e. The predicted molar refractivity (Wildman–Crippen MR) is 83.2 cm³/mol. The fraction of sp³-hybridized carbons (Fsp3) is 0.857. The molecule has 0 aromatic rings. The second-order valence-electron chi connectivity index (χ2n) is 5.69. The minimum absolute atomic E-state index is 0.0654. The molecule has 0 aliphatic carbocycles. The number of aliphatic carboxylic acids is 1. The Balaban J connectivity index is 1.66. The number of carbonyl (C=O) groups is 1. The highest BCUT2D eigenvalue weighted by atomic mass is 28.3. The van der Waals surface area contributed by atoms with Gasteiger partial charge < -0.3 is 23.9 Å². The van der Waals surface area contributed by atoms with Gasteiger partial charge in [0, 0.05) is 51.3 Å². The summed E-state index contributed by atoms with van der Waals surface area (Å²) >= 11 is 0. The van der Waals surface area contributed by atoms with Crippen molar-refractivity contribution in [1.82, 2.24) is 9.80 Å². The first-order chi connectivity index (χ1) is 11.2. The number of nitrogens with zero attached hydrogens (tertiary/aromatic N) is 3. The fourth-order valence-electron chi connectivity index (χ4n) is 2.65. The first-order valence-electron chi connectivity index (χ1n) is 8.15. The molecule has 23 heavy (non-hydrogen) atoms. The molecule has 0 amide bonds. The molecular weight excluding hydrogens is 318 g/mol. The Hall–Kier alpha value is -1.00. The SMILES string of the molecule is O=C([O-])CCN1C=[N+](CC[Si]2OCCN(CCO)CCO2)CC1. The minimum Gasteiger partial charge on any atom is -0.550 e. The number of carboxylic acid groups (broad SMARTS) is 1. The average molecular weight is 344 g/mol. The van der Waals surface area contributed by atoms with E-state index in [1.165, 1.54) is 0 Å². The molecule has 1 fully saturated rings. The summed E-state index contributed by atoms with van der Waals surface area (Å²) in [4.78, 5) is 14.6. The van der Waals surface area contributed by atoms with Crippen molar-refractivity contribution in [3.63, 3.8) is 0 Å². The Labute approximate surface area is 138 Å². The van der Waals surface area contributed by atoms with Gasteiger partial charge in [-0.05, 0) is 0 Å². The Morgan fingerprint density at radius 1 is 1.26 bits per heavy atom. The molecule has 2 rings (SSSR count). The normalized spacial score (nSPS) is 21.1. The number of aliphatic hydroxyl groups excluding tert-OH is 1. The summed E-state index contributed by atoms with van der Waals surface area (Å²) in [6.45, 7) is 6.94. The van der Waals surface area contributed by atoms with Crippen molar-refractivity contribution in [2.75, 3.05) is 65.6 Å². The van der Waals surface area contributed by atoms with E-state index in [1.807, 2.05) is 11.2 Å². The van der Waals surface area contributed by atoms with Crippen LogP contribution in [0.4, 0.5) is 0 Å². The number of carbonyl (C=O) groups excluding carboxylic acids is 1. The number of β-amino-alcohol motifs (C(OH)–C–C–N with tert-alkyl or cyclic N) is 1. The smallest absolute Gasteiger partial charge is 0.388 e. The predicted octanol–water partition coefficient (Wildman–Crippen LogP) is -2.69. The van der Waals surface area contributed by atoms with Gasteiger partial charge in [-0.15, -0.1) is 0 Å². The monoisotopic (exact) mass is 344 g/mol. The Morgan fingerprint density at radius 3 is 2.65 bits per heavy atom. The molecule has 0 atom stereocenters. The van der Waals surface area contributed by atoms with Crippen molar-refractivity contribution in [3.8, 4) is 0 Å². The summed E-state index contributed by atoms with van der Waals surface area (Å²) in [6, 6.07) is 0.884. The lowest BCUT2D eigenvalue weighted by molar-refractivity contribution is -0.510. The van der Waals surface area contributed by atoms with E-state index in [1.54, 1.807) is 0 Å². The zero-order chi connectivity index (χ0) is 16.5. The highest BCUT2D eigenvalue weighted by molar-refractivity contribution is 6.44. The van der Waals surface area contributed by atoms with Crippen LogP contribution in [0.5, 0.6) is 0 Å². The molecule has 1 radical (unpaired) electrons. The van der Waals surface area contributed by atoms with E-state index in [4.69, 9.17) is 14.0 Å². The highest BCUT2D eigenvalue weighted by Gasteiger charge is 2.24. The van der Waals surface area contributed by atoms with Gasteiger partial charge in [-0.1, -0.05) is 0 Å². The molecule has 2 aliphatic heterocycles. The van der Waals surface area contributed by atoms with Crippen molar-refractivity contribution in [2.45, 2.75) is 12.5 Å². The zero-order valence-electron chi connectivity index (χ0n) is 13.5. The number of hydrogen-bond donors (Lipinski definition) is 1. The first-order valence-corrected chi connectivity index (χ1v) is 9.67. The lowest BCUT2D eigenvalue weighted by Crippen LogP contribution is -2.40. The Morgan fingerprint density at radius 2 is 2.00 bits per heavy atom. The maximum absolute atomic E-state index is 10.5. The van der Waals surface area contributed by atoms with Crippen LogP contribution in [0.25, 0.3) is 0 Å². The second kappa shape index (κ2) is 9.99. The topological polar surface area (TPSA) is 88.3 Å². The molecule has 1 N–H and O–H groups in total. The summed E-state index contributed by atoms with van der Waals surface area (Å²) in [7, 11) is -1.25. The fourth-order valence-corrected chi connectivity index (χ4v) is 4.13. The molecular formula is C14H26N3O5Si. The molecule has 0 unspecified atom stereocenters. The number of hydrogen-bond acceptors (Lipinski definition) is 7. The average Bonchev–Trinajstić information content (AvgIpc) is 2.95. The molecule has 0 spiro atoms. The van der Waals surface area contributed by atoms with Crippen LogP contribution < -0.4 is 5.11 Å². The third-order valence-corrected chi connectivity index (χ3v) is 5.65. The molecule has 0 bridgehead atoms. The van der Waals surface area contributed by atoms with E-state index in [-0.39, 0.29) is 13.0 Å². The highest BCUT2D eigenvalue weighted by Crippen LogP contribution is 2.05. The molecule has 1 saturated heterocycles. The van der Waals surface area contributed by atoms with Gasteiger partial charge >= 0.3 is 9.28 Å². The molecule has 2 aliphatic rings. The molecule has 9 heteroatoms. The summed E-state index contributed by atoms with van der Waals surface area (Å²) in [5, 5.41) is 19.4. The van der Waals surface area contributed by atoms with Gasteiger partial charge in [-0.25, -0.2) is 0 Å². The van der Waals surface area contributed by atoms with Crippen LogP contribution in [0.15, 0.2) is 0 Å². The van der Waals surface area contributed by atoms with Crippen molar-refractivity contribution < 1.29 is 28.4 Å². The second-order valence-corrected chi connectivity index (χ2v) is 7.51. The van der Waals surface area contributed by atoms with Gasteiger partial charge in [0.2, 0.25) is 6.34 Å². The van der Waals surface area contributed by atoms with Crippen LogP contribution in [-0.4, -0.2) is 107 Å². The third kappa shape index (κ3) is 6.96. The van der Waals surface area contributed by atoms with Crippen molar-refractivity contribution in [2.24, 2.45) is 0 Å². The molecule has 2 heterocycles. The van der Waals surface area contributed by atoms with Crippen molar-refractivity contribution in [3.05, 3.63) is 0 Å². The zero-order valence-corrected chi connectivity index (χ0v) is 14.5. The number of aliphatic hydroxyl groups is 1. The third-order valence-electron chi connectivity index (χ3n) is 3.96. The van der Waals surface area contributed by atoms with E-state index in [2.05, 4.69) is 9.48 Å². The standard InChI is InChI=1S/C14H26N3O5Si/c18-9-5-15-6-10-21-23(22-11-7-15)12-8-17-4-3-16(13-17)2-1-14(19)20/h13,18H,1-12H2. The Kier molecular flexibility index (Phi) is 7.96. The van der Waals surface area contributed by atoms with E-state index in [0.717, 1.165) is 38.8 Å². The molecule has 0 aromatic carbocycles. The van der Waals surface area contributed by atoms with Gasteiger partial charge in [0.05, 0.1) is 19.7 Å². The molecule has 131 valence electrons. The summed E-state index contributed by atoms with van der Waals surface area (Å²) in [5.74, 6) is -1.01. The molecule has 0 aromatic heterocycles. The quantitative estimate of drug-likeness (QED) is 0.379. The van der Waals surface area contributed by atoms with Crippen LogP contribution in [0, 0.1) is 0 Å². The summed E-state index contributed by atoms with van der Waals surface area (Å²) < 4.78 is 13.9. The van der Waals surface area contributed by atoms with Gasteiger partial charge in [-0.2, -0.15) is 0 Å². The van der Waals surface area contributed by atoms with Gasteiger partial charge in [0.15, 0.2) is 0 Å². The van der Waals surface area contributed by atoms with Gasteiger partial charge in [0.25, 0.3) is 0 Å². The van der Waals surface area contributed by atoms with Gasteiger partial charge in [0.1, 0.15) is 13.1 Å². The minimum atomic E-state index is -1.25. The van der Waals surface area contributed by atoms with Crippen LogP contribution in [-0.2, 0) is 13.6 Å². The van der Waals surface area contributed by atoms with Gasteiger partial charge in [-0.3, -0.25) is 14.4 Å².